The molecule has 1 amide bonds. The molecule has 1 N–H and O–H groups in total. The van der Waals surface area contributed by atoms with E-state index < -0.39 is 0 Å². The Morgan fingerprint density at radius 3 is 2.47 bits per heavy atom. The van der Waals surface area contributed by atoms with Gasteiger partial charge in [-0.1, -0.05) is 30.8 Å². The Morgan fingerprint density at radius 1 is 0.969 bits per heavy atom. The van der Waals surface area contributed by atoms with Gasteiger partial charge >= 0.3 is 0 Å². The number of anilines is 1. The van der Waals surface area contributed by atoms with Crippen molar-refractivity contribution in [1.29, 1.82) is 0 Å². The minimum atomic E-state index is -0.306. The maximum absolute atomic E-state index is 13.4. The van der Waals surface area contributed by atoms with E-state index in [2.05, 4.69) is 23.3 Å². The van der Waals surface area contributed by atoms with Gasteiger partial charge in [0.2, 0.25) is 5.91 Å². The van der Waals surface area contributed by atoms with Crippen LogP contribution >= 0.6 is 11.8 Å². The first-order valence-corrected chi connectivity index (χ1v) is 11.5. The number of amides is 1. The van der Waals surface area contributed by atoms with Gasteiger partial charge in [0.05, 0.1) is 11.3 Å². The summed E-state index contributed by atoms with van der Waals surface area (Å²) in [5, 5.41) is 4.61. The third-order valence-corrected chi connectivity index (χ3v) is 6.36. The predicted molar refractivity (Wildman–Crippen MR) is 130 cm³/mol. The standard InChI is InChI=1S/C26H24FN3OS/c1-4-18-6-12-23-22(14-18)26(30-25(29-23)19-7-9-20(27)10-8-19)32-15-24(31)28-21-11-5-16(2)17(3)13-21/h5-14H,4,15H2,1-3H3,(H,28,31). The van der Waals surface area contributed by atoms with Crippen molar-refractivity contribution < 1.29 is 9.18 Å². The molecule has 0 aliphatic rings. The fourth-order valence-corrected chi connectivity index (χ4v) is 4.17. The summed E-state index contributed by atoms with van der Waals surface area (Å²) >= 11 is 1.38. The first-order valence-electron chi connectivity index (χ1n) is 10.5. The van der Waals surface area contributed by atoms with Crippen molar-refractivity contribution in [2.45, 2.75) is 32.2 Å². The van der Waals surface area contributed by atoms with E-state index in [1.807, 2.05) is 44.2 Å². The van der Waals surface area contributed by atoms with Gasteiger partial charge in [-0.05, 0) is 85.5 Å². The van der Waals surface area contributed by atoms with Gasteiger partial charge in [-0.3, -0.25) is 4.79 Å². The van der Waals surface area contributed by atoms with Gasteiger partial charge in [0.25, 0.3) is 0 Å². The Balaban J connectivity index is 1.62. The van der Waals surface area contributed by atoms with E-state index in [0.717, 1.165) is 39.2 Å². The SMILES string of the molecule is CCc1ccc2nc(-c3ccc(F)cc3)nc(SCC(=O)Nc3ccc(C)c(C)c3)c2c1. The third-order valence-electron chi connectivity index (χ3n) is 5.37. The fourth-order valence-electron chi connectivity index (χ4n) is 3.36. The van der Waals surface area contributed by atoms with Gasteiger partial charge in [-0.15, -0.1) is 0 Å². The second-order valence-electron chi connectivity index (χ2n) is 7.70. The topological polar surface area (TPSA) is 54.9 Å². The van der Waals surface area contributed by atoms with Crippen LogP contribution in [0.4, 0.5) is 10.1 Å². The number of halogens is 1. The highest BCUT2D eigenvalue weighted by Gasteiger charge is 2.13. The van der Waals surface area contributed by atoms with Gasteiger partial charge in [-0.2, -0.15) is 0 Å². The van der Waals surface area contributed by atoms with Gasteiger partial charge < -0.3 is 5.32 Å². The number of rotatable bonds is 6. The van der Waals surface area contributed by atoms with Crippen LogP contribution in [-0.2, 0) is 11.2 Å². The molecule has 162 valence electrons. The second-order valence-corrected chi connectivity index (χ2v) is 8.66. The zero-order chi connectivity index (χ0) is 22.7. The summed E-state index contributed by atoms with van der Waals surface area (Å²) < 4.78 is 13.4. The molecule has 4 aromatic rings. The van der Waals surface area contributed by atoms with E-state index in [1.54, 1.807) is 12.1 Å². The number of hydrogen-bond donors (Lipinski definition) is 1. The molecule has 4 nitrogen and oxygen atoms in total. The van der Waals surface area contributed by atoms with Crippen LogP contribution in [0.1, 0.15) is 23.6 Å². The zero-order valence-electron chi connectivity index (χ0n) is 18.3. The van der Waals surface area contributed by atoms with E-state index in [9.17, 15) is 9.18 Å². The fraction of sp³-hybridized carbons (Fsp3) is 0.192. The summed E-state index contributed by atoms with van der Waals surface area (Å²) in [5.74, 6) is 0.330. The molecule has 32 heavy (non-hydrogen) atoms. The number of thioether (sulfide) groups is 1. The lowest BCUT2D eigenvalue weighted by molar-refractivity contribution is -0.113. The highest BCUT2D eigenvalue weighted by Crippen LogP contribution is 2.29. The van der Waals surface area contributed by atoms with Crippen LogP contribution in [0, 0.1) is 19.7 Å². The summed E-state index contributed by atoms with van der Waals surface area (Å²) in [6.07, 6.45) is 0.896. The molecule has 0 unspecified atom stereocenters. The number of hydrogen-bond acceptors (Lipinski definition) is 4. The van der Waals surface area contributed by atoms with Crippen molar-refractivity contribution in [1.82, 2.24) is 9.97 Å². The molecule has 0 atom stereocenters. The Morgan fingerprint density at radius 2 is 1.75 bits per heavy atom. The number of nitrogens with zero attached hydrogens (tertiary/aromatic N) is 2. The number of nitrogens with one attached hydrogen (secondary N) is 1. The minimum absolute atomic E-state index is 0.0972. The van der Waals surface area contributed by atoms with Crippen LogP contribution in [0.2, 0.25) is 0 Å². The number of carbonyl (C=O) groups is 1. The second kappa shape index (κ2) is 9.49. The number of benzene rings is 3. The molecule has 1 aromatic heterocycles. The lowest BCUT2D eigenvalue weighted by Crippen LogP contribution is -2.14. The van der Waals surface area contributed by atoms with Gasteiger partial charge in [0, 0.05) is 16.6 Å². The van der Waals surface area contributed by atoms with E-state index in [4.69, 9.17) is 4.98 Å². The Labute approximate surface area is 191 Å². The monoisotopic (exact) mass is 445 g/mol. The van der Waals surface area contributed by atoms with Crippen molar-refractivity contribution in [2.75, 3.05) is 11.1 Å². The molecular formula is C26H24FN3OS. The average Bonchev–Trinajstić information content (AvgIpc) is 2.80. The number of aryl methyl sites for hydroxylation is 3. The van der Waals surface area contributed by atoms with Crippen LogP contribution < -0.4 is 5.32 Å². The van der Waals surface area contributed by atoms with Crippen LogP contribution in [0.15, 0.2) is 65.7 Å². The highest BCUT2D eigenvalue weighted by atomic mass is 32.2. The lowest BCUT2D eigenvalue weighted by Gasteiger charge is -2.11. The van der Waals surface area contributed by atoms with Crippen molar-refractivity contribution >= 4 is 34.3 Å². The first-order chi connectivity index (χ1) is 15.4. The summed E-state index contributed by atoms with van der Waals surface area (Å²) in [6, 6.07) is 18.1. The molecule has 4 rings (SSSR count). The lowest BCUT2D eigenvalue weighted by atomic mass is 10.1. The molecule has 0 aliphatic heterocycles. The number of carbonyl (C=O) groups excluding carboxylic acids is 1. The van der Waals surface area contributed by atoms with E-state index in [0.29, 0.717) is 5.82 Å². The van der Waals surface area contributed by atoms with Crippen molar-refractivity contribution in [3.8, 4) is 11.4 Å². The normalized spacial score (nSPS) is 11.0. The molecule has 0 saturated carbocycles. The van der Waals surface area contributed by atoms with E-state index in [-0.39, 0.29) is 17.5 Å². The first kappa shape index (κ1) is 22.0. The van der Waals surface area contributed by atoms with Crippen LogP contribution in [-0.4, -0.2) is 21.6 Å². The maximum Gasteiger partial charge on any atom is 0.234 e. The average molecular weight is 446 g/mol. The zero-order valence-corrected chi connectivity index (χ0v) is 19.1. The van der Waals surface area contributed by atoms with Crippen LogP contribution in [0.25, 0.3) is 22.3 Å². The molecule has 0 spiro atoms. The van der Waals surface area contributed by atoms with Crippen molar-refractivity contribution in [3.05, 3.63) is 83.2 Å². The molecule has 0 aliphatic carbocycles. The van der Waals surface area contributed by atoms with Gasteiger partial charge in [-0.25, -0.2) is 14.4 Å². The summed E-state index contributed by atoms with van der Waals surface area (Å²) in [7, 11) is 0. The molecule has 3 aromatic carbocycles. The Kier molecular flexibility index (Phi) is 6.51. The summed E-state index contributed by atoms with van der Waals surface area (Å²) in [6.45, 7) is 6.16. The van der Waals surface area contributed by atoms with Gasteiger partial charge in [0.15, 0.2) is 5.82 Å². The minimum Gasteiger partial charge on any atom is -0.325 e. The third kappa shape index (κ3) is 4.97. The van der Waals surface area contributed by atoms with Crippen LogP contribution in [0.3, 0.4) is 0 Å². The largest absolute Gasteiger partial charge is 0.325 e. The van der Waals surface area contributed by atoms with E-state index in [1.165, 1.54) is 35.0 Å². The molecule has 6 heteroatoms. The molecule has 1 heterocycles. The molecular weight excluding hydrogens is 421 g/mol. The van der Waals surface area contributed by atoms with Crippen LogP contribution in [0.5, 0.6) is 0 Å². The summed E-state index contributed by atoms with van der Waals surface area (Å²) in [5.41, 5.74) is 5.81. The Hall–Kier alpha value is -3.25. The van der Waals surface area contributed by atoms with Crippen molar-refractivity contribution in [2.24, 2.45) is 0 Å². The quantitative estimate of drug-likeness (QED) is 0.278. The molecule has 0 radical (unpaired) electrons. The highest BCUT2D eigenvalue weighted by molar-refractivity contribution is 8.00. The number of aromatic nitrogens is 2. The predicted octanol–water partition coefficient (Wildman–Crippen LogP) is 6.35. The van der Waals surface area contributed by atoms with E-state index >= 15 is 0 Å². The molecule has 0 saturated heterocycles. The smallest absolute Gasteiger partial charge is 0.234 e. The Bertz CT molecular complexity index is 1290. The van der Waals surface area contributed by atoms with Crippen molar-refractivity contribution in [3.63, 3.8) is 0 Å². The van der Waals surface area contributed by atoms with Gasteiger partial charge in [0.1, 0.15) is 10.8 Å². The number of fused-ring (bicyclic) bond motifs is 1. The summed E-state index contributed by atoms with van der Waals surface area (Å²) in [4.78, 5) is 22.0. The molecule has 0 bridgehead atoms. The molecule has 0 fully saturated rings. The maximum atomic E-state index is 13.4.